The van der Waals surface area contributed by atoms with Gasteiger partial charge in [-0.05, 0) is 66.0 Å². The summed E-state index contributed by atoms with van der Waals surface area (Å²) in [5, 5.41) is -0.794. The van der Waals surface area contributed by atoms with Gasteiger partial charge in [0, 0.05) is 27.5 Å². The summed E-state index contributed by atoms with van der Waals surface area (Å²) in [4.78, 5) is 14.2. The van der Waals surface area contributed by atoms with Crippen LogP contribution >= 0.6 is 39.1 Å². The van der Waals surface area contributed by atoms with Crippen molar-refractivity contribution in [2.24, 2.45) is 0 Å². The molecule has 2 aliphatic heterocycles. The van der Waals surface area contributed by atoms with Gasteiger partial charge in [0.2, 0.25) is 10.0 Å². The molecule has 0 N–H and O–H groups in total. The molecule has 2 aromatic carbocycles. The highest BCUT2D eigenvalue weighted by atomic mass is 79.9. The van der Waals surface area contributed by atoms with Gasteiger partial charge in [0.05, 0.1) is 6.10 Å². The smallest absolute Gasteiger partial charge is 0.229 e. The molecule has 0 aliphatic carbocycles. The summed E-state index contributed by atoms with van der Waals surface area (Å²) < 4.78 is 36.8. The third-order valence-electron chi connectivity index (χ3n) is 7.58. The minimum absolute atomic E-state index is 0.0398. The number of nitrogens with zero attached hydrogens (tertiary/aromatic N) is 1. The van der Waals surface area contributed by atoms with Crippen LogP contribution in [0.5, 0.6) is 0 Å². The van der Waals surface area contributed by atoms with Gasteiger partial charge in [0.25, 0.3) is 0 Å². The van der Waals surface area contributed by atoms with Crippen molar-refractivity contribution in [1.29, 1.82) is 0 Å². The van der Waals surface area contributed by atoms with Crippen molar-refractivity contribution in [3.05, 3.63) is 68.1 Å². The molecule has 0 spiro atoms. The number of rotatable bonds is 5. The molecule has 2 saturated heterocycles. The zero-order valence-corrected chi connectivity index (χ0v) is 25.4. The molecular formula is C25H30BrCl2NO4SSi. The first-order chi connectivity index (χ1) is 16.1. The second-order valence-corrected chi connectivity index (χ2v) is 19.5. The lowest BCUT2D eigenvalue weighted by Gasteiger charge is -2.38. The zero-order chi connectivity index (χ0) is 26.0. The molecule has 3 atom stereocenters. The molecule has 5 nitrogen and oxygen atoms in total. The van der Waals surface area contributed by atoms with Crippen LogP contribution in [-0.2, 0) is 25.7 Å². The molecule has 0 amide bonds. The standard InChI is InChI=1S/C25H30BrCl2NO4SSi/c1-24(2,3)35(4,5)33-21-14-25(13-16-6-8-18(26)9-7-16)23(30)22(34(31,32)29(25)15-21)17-10-19(27)12-20(28)11-17/h6-12,21-22H,13-15H2,1-5H3/t21-,22?,25+/m1/s1. The van der Waals surface area contributed by atoms with Gasteiger partial charge >= 0.3 is 0 Å². The molecule has 2 fully saturated rings. The highest BCUT2D eigenvalue weighted by molar-refractivity contribution is 9.10. The normalized spacial score (nSPS) is 26.8. The maximum Gasteiger partial charge on any atom is 0.229 e. The van der Waals surface area contributed by atoms with Gasteiger partial charge < -0.3 is 4.43 Å². The molecule has 2 heterocycles. The molecule has 35 heavy (non-hydrogen) atoms. The van der Waals surface area contributed by atoms with E-state index < -0.39 is 29.1 Å². The van der Waals surface area contributed by atoms with Gasteiger partial charge in [-0.1, -0.05) is 72.0 Å². The van der Waals surface area contributed by atoms with Crippen LogP contribution in [0.4, 0.5) is 0 Å². The minimum atomic E-state index is -4.02. The Morgan fingerprint density at radius 1 is 1.11 bits per heavy atom. The van der Waals surface area contributed by atoms with Gasteiger partial charge in [0.1, 0.15) is 5.54 Å². The van der Waals surface area contributed by atoms with Crippen LogP contribution in [-0.4, -0.2) is 45.0 Å². The fourth-order valence-electron chi connectivity index (χ4n) is 4.89. The van der Waals surface area contributed by atoms with E-state index in [1.54, 1.807) is 0 Å². The number of sulfonamides is 1. The summed E-state index contributed by atoms with van der Waals surface area (Å²) in [6, 6.07) is 12.2. The maximum absolute atomic E-state index is 14.2. The van der Waals surface area contributed by atoms with E-state index in [2.05, 4.69) is 49.8 Å². The topological polar surface area (TPSA) is 63.7 Å². The molecule has 0 aromatic heterocycles. The largest absolute Gasteiger partial charge is 0.413 e. The van der Waals surface area contributed by atoms with Crippen molar-refractivity contribution >= 4 is 63.3 Å². The van der Waals surface area contributed by atoms with Crippen molar-refractivity contribution in [3.63, 3.8) is 0 Å². The molecule has 1 unspecified atom stereocenters. The first kappa shape index (κ1) is 27.3. The van der Waals surface area contributed by atoms with Crippen LogP contribution in [0.3, 0.4) is 0 Å². The van der Waals surface area contributed by atoms with Crippen LogP contribution in [0.25, 0.3) is 0 Å². The maximum atomic E-state index is 14.2. The van der Waals surface area contributed by atoms with E-state index in [0.717, 1.165) is 10.0 Å². The zero-order valence-electron chi connectivity index (χ0n) is 20.4. The van der Waals surface area contributed by atoms with Crippen molar-refractivity contribution in [2.45, 2.75) is 68.6 Å². The lowest BCUT2D eigenvalue weighted by Crippen LogP contribution is -2.46. The fraction of sp³-hybridized carbons (Fsp3) is 0.480. The lowest BCUT2D eigenvalue weighted by molar-refractivity contribution is -0.125. The minimum Gasteiger partial charge on any atom is -0.413 e. The Kier molecular flexibility index (Phi) is 7.19. The van der Waals surface area contributed by atoms with Crippen LogP contribution in [0.1, 0.15) is 43.6 Å². The Hall–Kier alpha value is -0.743. The quantitative estimate of drug-likeness (QED) is 0.346. The number of ketones is 1. The van der Waals surface area contributed by atoms with Crippen LogP contribution in [0.15, 0.2) is 46.9 Å². The van der Waals surface area contributed by atoms with E-state index in [4.69, 9.17) is 27.6 Å². The predicted octanol–water partition coefficient (Wildman–Crippen LogP) is 6.79. The molecule has 10 heteroatoms. The number of Topliss-reactive ketones (excluding diaryl/α,β-unsaturated/α-hetero) is 1. The van der Waals surface area contributed by atoms with Crippen molar-refractivity contribution in [1.82, 2.24) is 4.31 Å². The van der Waals surface area contributed by atoms with E-state index in [-0.39, 0.29) is 29.9 Å². The van der Waals surface area contributed by atoms with Crippen LogP contribution in [0.2, 0.25) is 28.2 Å². The monoisotopic (exact) mass is 617 g/mol. The van der Waals surface area contributed by atoms with Crippen LogP contribution in [0, 0.1) is 0 Å². The summed E-state index contributed by atoms with van der Waals surface area (Å²) >= 11 is 15.8. The van der Waals surface area contributed by atoms with Gasteiger partial charge in [-0.15, -0.1) is 0 Å². The Morgan fingerprint density at radius 2 is 1.69 bits per heavy atom. The molecule has 2 aliphatic rings. The SMILES string of the molecule is CC(C)(C)[Si](C)(C)O[C@H]1CN2[C@@](Cc3ccc(Br)cc3)(C1)C(=O)C(c1cc(Cl)cc(Cl)c1)S2(=O)=O. The highest BCUT2D eigenvalue weighted by Crippen LogP contribution is 2.52. The van der Waals surface area contributed by atoms with Crippen molar-refractivity contribution in [2.75, 3.05) is 6.54 Å². The second-order valence-electron chi connectivity index (χ2n) is 11.1. The molecular weight excluding hydrogens is 589 g/mol. The van der Waals surface area contributed by atoms with Gasteiger partial charge in [-0.3, -0.25) is 4.79 Å². The average Bonchev–Trinajstić information content (AvgIpc) is 3.13. The number of fused-ring (bicyclic) bond motifs is 1. The number of halogens is 3. The Bertz CT molecular complexity index is 1240. The molecule has 0 radical (unpaired) electrons. The van der Waals surface area contributed by atoms with Gasteiger partial charge in [-0.2, -0.15) is 4.31 Å². The third-order valence-corrected chi connectivity index (χ3v) is 15.3. The van der Waals surface area contributed by atoms with Crippen LogP contribution < -0.4 is 0 Å². The summed E-state index contributed by atoms with van der Waals surface area (Å²) in [5.74, 6) is -0.347. The fourth-order valence-corrected chi connectivity index (χ4v) is 9.36. The molecule has 0 bridgehead atoms. The van der Waals surface area contributed by atoms with E-state index in [9.17, 15) is 13.2 Å². The summed E-state index contributed by atoms with van der Waals surface area (Å²) in [5.41, 5.74) is -0.0301. The first-order valence-corrected chi connectivity index (χ1v) is 17.5. The summed E-state index contributed by atoms with van der Waals surface area (Å²) in [6.45, 7) is 10.9. The average molecular weight is 619 g/mol. The summed E-state index contributed by atoms with van der Waals surface area (Å²) in [6.07, 6.45) is 0.243. The Balaban J connectivity index is 1.79. The highest BCUT2D eigenvalue weighted by Gasteiger charge is 2.67. The number of hydrogen-bond acceptors (Lipinski definition) is 4. The van der Waals surface area contributed by atoms with E-state index >= 15 is 0 Å². The van der Waals surface area contributed by atoms with E-state index in [1.165, 1.54) is 22.5 Å². The number of carbonyl (C=O) groups excluding carboxylic acids is 1. The number of benzene rings is 2. The molecule has 190 valence electrons. The first-order valence-electron chi connectivity index (χ1n) is 11.5. The lowest BCUT2D eigenvalue weighted by atomic mass is 9.82. The molecule has 4 rings (SSSR count). The molecule has 2 aromatic rings. The molecule has 0 saturated carbocycles. The van der Waals surface area contributed by atoms with Gasteiger partial charge in [-0.25, -0.2) is 8.42 Å². The van der Waals surface area contributed by atoms with Gasteiger partial charge in [0.15, 0.2) is 19.4 Å². The van der Waals surface area contributed by atoms with E-state index in [0.29, 0.717) is 22.0 Å². The van der Waals surface area contributed by atoms with E-state index in [1.807, 2.05) is 24.3 Å². The number of hydrogen-bond donors (Lipinski definition) is 0. The second kappa shape index (κ2) is 9.22. The predicted molar refractivity (Wildman–Crippen MR) is 147 cm³/mol. The third kappa shape index (κ3) is 4.92. The Labute approximate surface area is 227 Å². The van der Waals surface area contributed by atoms with Crippen molar-refractivity contribution < 1.29 is 17.6 Å². The summed E-state index contributed by atoms with van der Waals surface area (Å²) in [7, 11) is -6.21. The Morgan fingerprint density at radius 3 is 2.23 bits per heavy atom. The van der Waals surface area contributed by atoms with Crippen molar-refractivity contribution in [3.8, 4) is 0 Å². The number of carbonyl (C=O) groups is 1.